The molecule has 2 aliphatic rings. The number of aromatic nitrogens is 1. The maximum atomic E-state index is 4.98. The number of nitrogens with one attached hydrogen (secondary N) is 1. The van der Waals surface area contributed by atoms with Crippen LogP contribution in [0, 0.1) is 0 Å². The van der Waals surface area contributed by atoms with Gasteiger partial charge in [-0.25, -0.2) is 4.98 Å². The third-order valence-electron chi connectivity index (χ3n) is 4.39. The number of hydrogen-bond acceptors (Lipinski definition) is 3. The molecule has 1 N–H and O–H groups in total. The second-order valence-electron chi connectivity index (χ2n) is 6.38. The number of rotatable bonds is 5. The van der Waals surface area contributed by atoms with Gasteiger partial charge in [-0.3, -0.25) is 0 Å². The zero-order valence-electron chi connectivity index (χ0n) is 11.9. The van der Waals surface area contributed by atoms with E-state index in [1.807, 2.05) is 11.3 Å². The number of thiazole rings is 1. The van der Waals surface area contributed by atoms with E-state index in [1.54, 1.807) is 0 Å². The highest BCUT2D eigenvalue weighted by atomic mass is 32.1. The first-order valence-electron chi connectivity index (χ1n) is 7.54. The van der Waals surface area contributed by atoms with Crippen LogP contribution in [0.1, 0.15) is 43.3 Å². The van der Waals surface area contributed by atoms with Crippen LogP contribution in [-0.4, -0.2) is 11.0 Å². The van der Waals surface area contributed by atoms with Crippen molar-refractivity contribution in [3.8, 4) is 10.4 Å². The summed E-state index contributed by atoms with van der Waals surface area (Å²) in [6.45, 7) is 3.26. The lowest BCUT2D eigenvalue weighted by Gasteiger charge is -2.03. The van der Waals surface area contributed by atoms with Crippen molar-refractivity contribution in [3.05, 3.63) is 41.0 Å². The first-order valence-corrected chi connectivity index (χ1v) is 8.35. The highest BCUT2D eigenvalue weighted by molar-refractivity contribution is 7.15. The molecule has 2 aromatic rings. The topological polar surface area (TPSA) is 24.9 Å². The van der Waals surface area contributed by atoms with Gasteiger partial charge in [-0.1, -0.05) is 37.3 Å². The molecular weight excluding hydrogens is 264 g/mol. The molecular formula is C17H20N2S. The van der Waals surface area contributed by atoms with Crippen molar-refractivity contribution in [3.63, 3.8) is 0 Å². The van der Waals surface area contributed by atoms with E-state index in [0.717, 1.165) is 12.6 Å². The number of hydrogen-bond donors (Lipinski definition) is 1. The quantitative estimate of drug-likeness (QED) is 0.893. The number of benzene rings is 1. The standard InChI is InChI=1S/C17H20N2S/c1-17(9-10-17)16-19-14(11-18-13-7-8-13)15(20-16)12-5-3-2-4-6-12/h2-6,13,18H,7-11H2,1H3. The smallest absolute Gasteiger partial charge is 0.0994 e. The molecule has 0 amide bonds. The van der Waals surface area contributed by atoms with E-state index in [4.69, 9.17) is 4.98 Å². The lowest BCUT2D eigenvalue weighted by atomic mass is 10.1. The zero-order chi connectivity index (χ0) is 13.6. The van der Waals surface area contributed by atoms with Gasteiger partial charge < -0.3 is 5.32 Å². The largest absolute Gasteiger partial charge is 0.308 e. The summed E-state index contributed by atoms with van der Waals surface area (Å²) in [4.78, 5) is 6.34. The monoisotopic (exact) mass is 284 g/mol. The van der Waals surface area contributed by atoms with Gasteiger partial charge in [0.2, 0.25) is 0 Å². The Morgan fingerprint density at radius 3 is 2.65 bits per heavy atom. The molecule has 0 atom stereocenters. The summed E-state index contributed by atoms with van der Waals surface area (Å²) >= 11 is 1.90. The van der Waals surface area contributed by atoms with Crippen molar-refractivity contribution in [2.24, 2.45) is 0 Å². The van der Waals surface area contributed by atoms with Crippen LogP contribution in [0.2, 0.25) is 0 Å². The van der Waals surface area contributed by atoms with Crippen molar-refractivity contribution in [1.29, 1.82) is 0 Å². The van der Waals surface area contributed by atoms with Gasteiger partial charge in [0.15, 0.2) is 0 Å². The second kappa shape index (κ2) is 4.68. The molecule has 0 spiro atoms. The molecule has 2 aliphatic carbocycles. The van der Waals surface area contributed by atoms with Gasteiger partial charge in [0.1, 0.15) is 0 Å². The molecule has 20 heavy (non-hydrogen) atoms. The summed E-state index contributed by atoms with van der Waals surface area (Å²) < 4.78 is 0. The maximum absolute atomic E-state index is 4.98. The Bertz CT molecular complexity index is 609. The van der Waals surface area contributed by atoms with E-state index < -0.39 is 0 Å². The van der Waals surface area contributed by atoms with E-state index in [2.05, 4.69) is 42.6 Å². The molecule has 2 nitrogen and oxygen atoms in total. The zero-order valence-corrected chi connectivity index (χ0v) is 12.7. The lowest BCUT2D eigenvalue weighted by molar-refractivity contribution is 0.670. The Hall–Kier alpha value is -1.19. The van der Waals surface area contributed by atoms with E-state index in [1.165, 1.54) is 46.8 Å². The predicted octanol–water partition coefficient (Wildman–Crippen LogP) is 4.11. The Kier molecular flexibility index (Phi) is 2.93. The molecule has 3 heteroatoms. The molecule has 104 valence electrons. The fourth-order valence-corrected chi connectivity index (χ4v) is 3.76. The van der Waals surface area contributed by atoms with Crippen LogP contribution in [0.15, 0.2) is 30.3 Å². The molecule has 1 aromatic heterocycles. The van der Waals surface area contributed by atoms with Crippen LogP contribution in [0.25, 0.3) is 10.4 Å². The van der Waals surface area contributed by atoms with Crippen LogP contribution < -0.4 is 5.32 Å². The minimum Gasteiger partial charge on any atom is -0.308 e. The number of nitrogens with zero attached hydrogens (tertiary/aromatic N) is 1. The van der Waals surface area contributed by atoms with Crippen LogP contribution >= 0.6 is 11.3 Å². The van der Waals surface area contributed by atoms with Gasteiger partial charge >= 0.3 is 0 Å². The van der Waals surface area contributed by atoms with Gasteiger partial charge in [0, 0.05) is 18.0 Å². The van der Waals surface area contributed by atoms with E-state index in [-0.39, 0.29) is 0 Å². The molecule has 1 heterocycles. The molecule has 0 unspecified atom stereocenters. The van der Waals surface area contributed by atoms with Gasteiger partial charge in [-0.15, -0.1) is 11.3 Å². The molecule has 2 fully saturated rings. The van der Waals surface area contributed by atoms with Gasteiger partial charge in [0.25, 0.3) is 0 Å². The molecule has 4 rings (SSSR count). The summed E-state index contributed by atoms with van der Waals surface area (Å²) in [5.74, 6) is 0. The Morgan fingerprint density at radius 1 is 1.25 bits per heavy atom. The molecule has 0 aliphatic heterocycles. The predicted molar refractivity (Wildman–Crippen MR) is 84.0 cm³/mol. The van der Waals surface area contributed by atoms with Crippen molar-refractivity contribution in [1.82, 2.24) is 10.3 Å². The summed E-state index contributed by atoms with van der Waals surface area (Å²) in [5, 5.41) is 4.95. The maximum Gasteiger partial charge on any atom is 0.0994 e. The highest BCUT2D eigenvalue weighted by Gasteiger charge is 2.42. The lowest BCUT2D eigenvalue weighted by Crippen LogP contribution is -2.16. The first-order chi connectivity index (χ1) is 9.74. The Morgan fingerprint density at radius 2 is 2.00 bits per heavy atom. The van der Waals surface area contributed by atoms with Gasteiger partial charge in [-0.05, 0) is 31.2 Å². The van der Waals surface area contributed by atoms with E-state index in [0.29, 0.717) is 5.41 Å². The average molecular weight is 284 g/mol. The average Bonchev–Trinajstić information content (AvgIpc) is 3.39. The van der Waals surface area contributed by atoms with Crippen LogP contribution in [-0.2, 0) is 12.0 Å². The molecule has 0 bridgehead atoms. The van der Waals surface area contributed by atoms with Crippen LogP contribution in [0.4, 0.5) is 0 Å². The van der Waals surface area contributed by atoms with E-state index >= 15 is 0 Å². The summed E-state index contributed by atoms with van der Waals surface area (Å²) in [5.41, 5.74) is 2.93. The highest BCUT2D eigenvalue weighted by Crippen LogP contribution is 2.50. The summed E-state index contributed by atoms with van der Waals surface area (Å²) in [7, 11) is 0. The van der Waals surface area contributed by atoms with E-state index in [9.17, 15) is 0 Å². The van der Waals surface area contributed by atoms with Crippen molar-refractivity contribution < 1.29 is 0 Å². The fraction of sp³-hybridized carbons (Fsp3) is 0.471. The fourth-order valence-electron chi connectivity index (χ4n) is 2.47. The summed E-state index contributed by atoms with van der Waals surface area (Å²) in [6, 6.07) is 11.5. The Labute approximate surface area is 124 Å². The molecule has 0 radical (unpaired) electrons. The SMILES string of the molecule is CC1(c2nc(CNC3CC3)c(-c3ccccc3)s2)CC1. The van der Waals surface area contributed by atoms with Gasteiger partial charge in [0.05, 0.1) is 15.6 Å². The van der Waals surface area contributed by atoms with Crippen LogP contribution in [0.5, 0.6) is 0 Å². The molecule has 0 saturated heterocycles. The van der Waals surface area contributed by atoms with Gasteiger partial charge in [-0.2, -0.15) is 0 Å². The molecule has 1 aromatic carbocycles. The van der Waals surface area contributed by atoms with Crippen molar-refractivity contribution >= 4 is 11.3 Å². The summed E-state index contributed by atoms with van der Waals surface area (Å²) in [6.07, 6.45) is 5.25. The minimum atomic E-state index is 0.367. The Balaban J connectivity index is 1.68. The van der Waals surface area contributed by atoms with Crippen molar-refractivity contribution in [2.45, 2.75) is 50.6 Å². The third kappa shape index (κ3) is 2.40. The van der Waals surface area contributed by atoms with Crippen molar-refractivity contribution in [2.75, 3.05) is 0 Å². The molecule has 2 saturated carbocycles. The normalized spacial score (nSPS) is 20.1. The minimum absolute atomic E-state index is 0.367. The first kappa shape index (κ1) is 12.5. The second-order valence-corrected chi connectivity index (χ2v) is 7.38. The van der Waals surface area contributed by atoms with Crippen LogP contribution in [0.3, 0.4) is 0 Å². The third-order valence-corrected chi connectivity index (χ3v) is 5.84.